The first-order valence-electron chi connectivity index (χ1n) is 4.62. The summed E-state index contributed by atoms with van der Waals surface area (Å²) < 4.78 is 5.93. The van der Waals surface area contributed by atoms with Crippen LogP contribution in [-0.2, 0) is 4.74 Å². The molecular formula is C9H10BrN3O2. The van der Waals surface area contributed by atoms with E-state index in [1.54, 1.807) is 17.3 Å². The van der Waals surface area contributed by atoms with Gasteiger partial charge in [-0.3, -0.25) is 4.79 Å². The van der Waals surface area contributed by atoms with E-state index in [1.807, 2.05) is 0 Å². The van der Waals surface area contributed by atoms with E-state index in [9.17, 15) is 4.79 Å². The van der Waals surface area contributed by atoms with Crippen LogP contribution in [0, 0.1) is 0 Å². The number of hydrogen-bond donors (Lipinski definition) is 0. The van der Waals surface area contributed by atoms with Crippen molar-refractivity contribution in [3.05, 3.63) is 22.7 Å². The van der Waals surface area contributed by atoms with Gasteiger partial charge in [-0.15, -0.1) is 0 Å². The van der Waals surface area contributed by atoms with Gasteiger partial charge in [0.2, 0.25) is 5.82 Å². The molecular weight excluding hydrogens is 262 g/mol. The van der Waals surface area contributed by atoms with E-state index in [4.69, 9.17) is 4.74 Å². The molecule has 1 fully saturated rings. The molecule has 0 bridgehead atoms. The quantitative estimate of drug-likeness (QED) is 0.755. The van der Waals surface area contributed by atoms with Gasteiger partial charge in [0.05, 0.1) is 17.7 Å². The van der Waals surface area contributed by atoms with Gasteiger partial charge in [0.1, 0.15) is 0 Å². The third-order valence-corrected chi connectivity index (χ3v) is 2.52. The van der Waals surface area contributed by atoms with Gasteiger partial charge < -0.3 is 9.64 Å². The van der Waals surface area contributed by atoms with E-state index in [-0.39, 0.29) is 11.7 Å². The topological polar surface area (TPSA) is 55.3 Å². The number of carbonyl (C=O) groups is 1. The van der Waals surface area contributed by atoms with Crippen LogP contribution in [0.25, 0.3) is 0 Å². The molecule has 2 rings (SSSR count). The van der Waals surface area contributed by atoms with Crippen LogP contribution in [0.3, 0.4) is 0 Å². The summed E-state index contributed by atoms with van der Waals surface area (Å²) in [5.74, 6) is 0.103. The fraction of sp³-hybridized carbons (Fsp3) is 0.444. The summed E-state index contributed by atoms with van der Waals surface area (Å²) in [6.45, 7) is 2.39. The third-order valence-electron chi connectivity index (χ3n) is 2.11. The van der Waals surface area contributed by atoms with E-state index < -0.39 is 0 Å². The Labute approximate surface area is 95.6 Å². The van der Waals surface area contributed by atoms with E-state index in [2.05, 4.69) is 25.9 Å². The molecule has 6 heteroatoms. The van der Waals surface area contributed by atoms with Crippen LogP contribution in [0.4, 0.5) is 0 Å². The standard InChI is InChI=1S/C9H10BrN3O2/c10-7-5-11-8(12-6-7)9(14)13-1-3-15-4-2-13/h5-6H,1-4H2. The summed E-state index contributed by atoms with van der Waals surface area (Å²) in [7, 11) is 0. The highest BCUT2D eigenvalue weighted by Gasteiger charge is 2.20. The average Bonchev–Trinajstić information content (AvgIpc) is 2.30. The molecule has 1 aromatic rings. The summed E-state index contributed by atoms with van der Waals surface area (Å²) in [4.78, 5) is 21.5. The molecule has 1 amide bonds. The van der Waals surface area contributed by atoms with Gasteiger partial charge in [-0.05, 0) is 15.9 Å². The van der Waals surface area contributed by atoms with Crippen LogP contribution in [0.1, 0.15) is 10.6 Å². The summed E-state index contributed by atoms with van der Waals surface area (Å²) in [5.41, 5.74) is 0. The number of morpholine rings is 1. The smallest absolute Gasteiger partial charge is 0.291 e. The molecule has 2 heterocycles. The summed E-state index contributed by atoms with van der Waals surface area (Å²) >= 11 is 3.22. The molecule has 0 radical (unpaired) electrons. The first-order chi connectivity index (χ1) is 7.27. The number of nitrogens with zero attached hydrogens (tertiary/aromatic N) is 3. The number of hydrogen-bond acceptors (Lipinski definition) is 4. The predicted molar refractivity (Wildman–Crippen MR) is 56.5 cm³/mol. The van der Waals surface area contributed by atoms with Crippen molar-refractivity contribution in [3.8, 4) is 0 Å². The molecule has 0 saturated carbocycles. The van der Waals surface area contributed by atoms with Crippen molar-refractivity contribution >= 4 is 21.8 Å². The number of carbonyl (C=O) groups excluding carboxylic acids is 1. The van der Waals surface area contributed by atoms with Gasteiger partial charge in [0.15, 0.2) is 0 Å². The van der Waals surface area contributed by atoms with E-state index in [0.717, 1.165) is 4.47 Å². The Morgan fingerprint density at radius 1 is 1.33 bits per heavy atom. The lowest BCUT2D eigenvalue weighted by Gasteiger charge is -2.25. The molecule has 80 valence electrons. The van der Waals surface area contributed by atoms with Crippen molar-refractivity contribution in [2.24, 2.45) is 0 Å². The normalized spacial score (nSPS) is 16.5. The molecule has 0 unspecified atom stereocenters. The van der Waals surface area contributed by atoms with Crippen molar-refractivity contribution in [2.75, 3.05) is 26.3 Å². The summed E-state index contributed by atoms with van der Waals surface area (Å²) in [6, 6.07) is 0. The molecule has 0 N–H and O–H groups in total. The van der Waals surface area contributed by atoms with Crippen LogP contribution >= 0.6 is 15.9 Å². The Morgan fingerprint density at radius 2 is 1.93 bits per heavy atom. The number of aromatic nitrogens is 2. The second kappa shape index (κ2) is 4.67. The SMILES string of the molecule is O=C(c1ncc(Br)cn1)N1CCOCC1. The van der Waals surface area contributed by atoms with Gasteiger partial charge in [-0.1, -0.05) is 0 Å². The maximum absolute atomic E-state index is 11.8. The molecule has 0 atom stereocenters. The van der Waals surface area contributed by atoms with Gasteiger partial charge in [-0.25, -0.2) is 9.97 Å². The number of rotatable bonds is 1. The Hall–Kier alpha value is -1.01. The van der Waals surface area contributed by atoms with Crippen LogP contribution < -0.4 is 0 Å². The first kappa shape index (κ1) is 10.5. The minimum Gasteiger partial charge on any atom is -0.378 e. The third kappa shape index (κ3) is 2.51. The molecule has 1 aliphatic rings. The van der Waals surface area contributed by atoms with Crippen LogP contribution in [0.15, 0.2) is 16.9 Å². The zero-order valence-electron chi connectivity index (χ0n) is 8.02. The summed E-state index contributed by atoms with van der Waals surface area (Å²) in [5, 5.41) is 0. The van der Waals surface area contributed by atoms with Gasteiger partial charge in [0, 0.05) is 25.5 Å². The lowest BCUT2D eigenvalue weighted by Crippen LogP contribution is -2.41. The second-order valence-corrected chi connectivity index (χ2v) is 4.05. The van der Waals surface area contributed by atoms with Crippen molar-refractivity contribution in [3.63, 3.8) is 0 Å². The molecule has 1 aliphatic heterocycles. The monoisotopic (exact) mass is 271 g/mol. The Morgan fingerprint density at radius 3 is 2.53 bits per heavy atom. The van der Waals surface area contributed by atoms with Gasteiger partial charge in [-0.2, -0.15) is 0 Å². The fourth-order valence-electron chi connectivity index (χ4n) is 1.33. The zero-order valence-corrected chi connectivity index (χ0v) is 9.61. The molecule has 1 aromatic heterocycles. The molecule has 1 saturated heterocycles. The maximum Gasteiger partial charge on any atom is 0.291 e. The number of halogens is 1. The predicted octanol–water partition coefficient (Wildman–Crippen LogP) is 0.711. The molecule has 0 aromatic carbocycles. The molecule has 15 heavy (non-hydrogen) atoms. The lowest BCUT2D eigenvalue weighted by molar-refractivity contribution is 0.0294. The van der Waals surface area contributed by atoms with E-state index in [1.165, 1.54) is 0 Å². The van der Waals surface area contributed by atoms with Crippen LogP contribution in [0.2, 0.25) is 0 Å². The molecule has 0 aliphatic carbocycles. The maximum atomic E-state index is 11.8. The fourth-order valence-corrected chi connectivity index (χ4v) is 1.54. The number of amides is 1. The van der Waals surface area contributed by atoms with Crippen LogP contribution in [-0.4, -0.2) is 47.1 Å². The van der Waals surface area contributed by atoms with Crippen molar-refractivity contribution in [1.29, 1.82) is 0 Å². The lowest BCUT2D eigenvalue weighted by atomic mass is 10.4. The van der Waals surface area contributed by atoms with Gasteiger partial charge in [0.25, 0.3) is 5.91 Å². The number of ether oxygens (including phenoxy) is 1. The molecule has 0 spiro atoms. The largest absolute Gasteiger partial charge is 0.378 e. The minimum absolute atomic E-state index is 0.134. The summed E-state index contributed by atoms with van der Waals surface area (Å²) in [6.07, 6.45) is 3.14. The van der Waals surface area contributed by atoms with Crippen molar-refractivity contribution < 1.29 is 9.53 Å². The first-order valence-corrected chi connectivity index (χ1v) is 5.41. The zero-order chi connectivity index (χ0) is 10.7. The van der Waals surface area contributed by atoms with Crippen molar-refractivity contribution in [2.45, 2.75) is 0 Å². The Kier molecular flexibility index (Phi) is 3.27. The highest BCUT2D eigenvalue weighted by Crippen LogP contribution is 2.07. The molecule has 5 nitrogen and oxygen atoms in total. The second-order valence-electron chi connectivity index (χ2n) is 3.13. The van der Waals surface area contributed by atoms with Crippen molar-refractivity contribution in [1.82, 2.24) is 14.9 Å². The van der Waals surface area contributed by atoms with Gasteiger partial charge >= 0.3 is 0 Å². The minimum atomic E-state index is -0.134. The Bertz CT molecular complexity index is 349. The van der Waals surface area contributed by atoms with E-state index in [0.29, 0.717) is 26.3 Å². The highest BCUT2D eigenvalue weighted by molar-refractivity contribution is 9.10. The Balaban J connectivity index is 2.09. The average molecular weight is 272 g/mol. The highest BCUT2D eigenvalue weighted by atomic mass is 79.9. The van der Waals surface area contributed by atoms with Crippen LogP contribution in [0.5, 0.6) is 0 Å². The van der Waals surface area contributed by atoms with E-state index >= 15 is 0 Å².